The van der Waals surface area contributed by atoms with Gasteiger partial charge in [0.25, 0.3) is 0 Å². The molecule has 2 rings (SSSR count). The average Bonchev–Trinajstić information content (AvgIpc) is 2.87. The zero-order chi connectivity index (χ0) is 15.4. The zero-order valence-electron chi connectivity index (χ0n) is 12.8. The first kappa shape index (κ1) is 16.2. The van der Waals surface area contributed by atoms with E-state index in [0.29, 0.717) is 30.7 Å². The Morgan fingerprint density at radius 2 is 2.05 bits per heavy atom. The maximum Gasteiger partial charge on any atom is 0.239 e. The molecule has 0 bridgehead atoms. The summed E-state index contributed by atoms with van der Waals surface area (Å²) in [7, 11) is 0. The van der Waals surface area contributed by atoms with Crippen LogP contribution in [0.2, 0.25) is 0 Å². The van der Waals surface area contributed by atoms with Gasteiger partial charge in [0.2, 0.25) is 11.8 Å². The Bertz CT molecular complexity index is 388. The van der Waals surface area contributed by atoms with Gasteiger partial charge < -0.3 is 22.1 Å². The van der Waals surface area contributed by atoms with E-state index in [1.54, 1.807) is 0 Å². The molecule has 2 amide bonds. The summed E-state index contributed by atoms with van der Waals surface area (Å²) in [5.74, 6) is 0.341. The summed E-state index contributed by atoms with van der Waals surface area (Å²) in [6.07, 6.45) is 6.21. The summed E-state index contributed by atoms with van der Waals surface area (Å²) in [5, 5.41) is 6.21. The minimum atomic E-state index is -0.618. The van der Waals surface area contributed by atoms with E-state index in [2.05, 4.69) is 10.6 Å². The lowest BCUT2D eigenvalue weighted by molar-refractivity contribution is -0.128. The third-order valence-corrected chi connectivity index (χ3v) is 5.03. The largest absolute Gasteiger partial charge is 0.368 e. The van der Waals surface area contributed by atoms with Gasteiger partial charge in [0.15, 0.2) is 0 Å². The van der Waals surface area contributed by atoms with E-state index in [0.717, 1.165) is 6.54 Å². The van der Waals surface area contributed by atoms with Gasteiger partial charge in [-0.1, -0.05) is 19.8 Å². The molecule has 1 saturated heterocycles. The first-order valence-electron chi connectivity index (χ1n) is 8.11. The topological polar surface area (TPSA) is 110 Å². The molecule has 0 radical (unpaired) electrons. The minimum Gasteiger partial charge on any atom is -0.368 e. The van der Waals surface area contributed by atoms with Gasteiger partial charge in [-0.05, 0) is 44.1 Å². The van der Waals surface area contributed by atoms with E-state index in [1.165, 1.54) is 25.7 Å². The number of nitrogens with one attached hydrogen (secondary N) is 2. The predicted molar refractivity (Wildman–Crippen MR) is 81.2 cm³/mol. The second-order valence-corrected chi connectivity index (χ2v) is 6.44. The number of amides is 2. The molecule has 120 valence electrons. The Hall–Kier alpha value is -1.14. The van der Waals surface area contributed by atoms with Crippen molar-refractivity contribution in [2.45, 2.75) is 63.6 Å². The third kappa shape index (κ3) is 3.95. The highest BCUT2D eigenvalue weighted by Crippen LogP contribution is 2.36. The fourth-order valence-electron chi connectivity index (χ4n) is 3.78. The molecule has 3 unspecified atom stereocenters. The molecule has 21 heavy (non-hydrogen) atoms. The van der Waals surface area contributed by atoms with Gasteiger partial charge >= 0.3 is 0 Å². The first-order chi connectivity index (χ1) is 10.0. The van der Waals surface area contributed by atoms with Crippen LogP contribution in [-0.4, -0.2) is 36.5 Å². The van der Waals surface area contributed by atoms with E-state index in [-0.39, 0.29) is 5.91 Å². The minimum absolute atomic E-state index is 0.264. The number of fused-ring (bicyclic) bond motifs is 1. The molecule has 0 aromatic rings. The lowest BCUT2D eigenvalue weighted by atomic mass is 9.77. The fourth-order valence-corrected chi connectivity index (χ4v) is 3.78. The van der Waals surface area contributed by atoms with Gasteiger partial charge in [-0.25, -0.2) is 0 Å². The molecule has 6 N–H and O–H groups in total. The third-order valence-electron chi connectivity index (χ3n) is 5.03. The highest BCUT2D eigenvalue weighted by molar-refractivity contribution is 5.88. The van der Waals surface area contributed by atoms with Crippen molar-refractivity contribution in [2.24, 2.45) is 23.3 Å². The van der Waals surface area contributed by atoms with Crippen LogP contribution in [0.4, 0.5) is 0 Å². The highest BCUT2D eigenvalue weighted by atomic mass is 16.2. The number of carbonyl (C=O) groups excluding carboxylic acids is 2. The summed E-state index contributed by atoms with van der Waals surface area (Å²) >= 11 is 0. The van der Waals surface area contributed by atoms with Gasteiger partial charge in [-0.2, -0.15) is 0 Å². The van der Waals surface area contributed by atoms with E-state index in [4.69, 9.17) is 11.5 Å². The number of hydrogen-bond acceptors (Lipinski definition) is 4. The Kier molecular flexibility index (Phi) is 5.58. The van der Waals surface area contributed by atoms with Crippen molar-refractivity contribution >= 4 is 11.8 Å². The molecule has 2 fully saturated rings. The molecule has 0 spiro atoms. The molecular weight excluding hydrogens is 268 g/mol. The van der Waals surface area contributed by atoms with Crippen LogP contribution < -0.4 is 22.1 Å². The Morgan fingerprint density at radius 3 is 2.71 bits per heavy atom. The lowest BCUT2D eigenvalue weighted by Gasteiger charge is -2.29. The molecule has 0 aromatic heterocycles. The molecule has 1 aliphatic carbocycles. The summed E-state index contributed by atoms with van der Waals surface area (Å²) in [6.45, 7) is 2.76. The zero-order valence-corrected chi connectivity index (χ0v) is 12.8. The van der Waals surface area contributed by atoms with Crippen molar-refractivity contribution in [3.8, 4) is 0 Å². The molecule has 5 atom stereocenters. The maximum atomic E-state index is 12.1. The van der Waals surface area contributed by atoms with Crippen LogP contribution in [0.25, 0.3) is 0 Å². The predicted octanol–water partition coefficient (Wildman–Crippen LogP) is -0.138. The second kappa shape index (κ2) is 7.22. The van der Waals surface area contributed by atoms with E-state index in [9.17, 15) is 9.59 Å². The molecule has 1 heterocycles. The van der Waals surface area contributed by atoms with E-state index < -0.39 is 18.0 Å². The fraction of sp³-hybridized carbons (Fsp3) is 0.867. The monoisotopic (exact) mass is 296 g/mol. The van der Waals surface area contributed by atoms with Crippen molar-refractivity contribution in [2.75, 3.05) is 6.54 Å². The average molecular weight is 296 g/mol. The Balaban J connectivity index is 1.84. The van der Waals surface area contributed by atoms with Crippen LogP contribution in [0.5, 0.6) is 0 Å². The number of primary amides is 1. The standard InChI is InChI=1S/C15H28N4O2/c1-2-12(14(17)20)19-15(21)11(16)7-9-8-18-13-6-4-3-5-10(9)13/h9-13,18H,2-8,16H2,1H3,(H2,17,20)(H,19,21)/t9?,10?,11-,12+,13?/m0/s1. The number of carbonyl (C=O) groups is 2. The quantitative estimate of drug-likeness (QED) is 0.547. The van der Waals surface area contributed by atoms with Crippen molar-refractivity contribution in [3.05, 3.63) is 0 Å². The van der Waals surface area contributed by atoms with Crippen LogP contribution in [0, 0.1) is 11.8 Å². The van der Waals surface area contributed by atoms with E-state index in [1.807, 2.05) is 6.92 Å². The Labute approximate surface area is 126 Å². The van der Waals surface area contributed by atoms with Gasteiger partial charge in [0.1, 0.15) is 6.04 Å². The van der Waals surface area contributed by atoms with E-state index >= 15 is 0 Å². The van der Waals surface area contributed by atoms with Crippen LogP contribution in [0.15, 0.2) is 0 Å². The summed E-state index contributed by atoms with van der Waals surface area (Å²) in [4.78, 5) is 23.3. The van der Waals surface area contributed by atoms with Crippen LogP contribution >= 0.6 is 0 Å². The van der Waals surface area contributed by atoms with Crippen molar-refractivity contribution in [1.29, 1.82) is 0 Å². The van der Waals surface area contributed by atoms with Crippen molar-refractivity contribution < 1.29 is 9.59 Å². The first-order valence-corrected chi connectivity index (χ1v) is 8.11. The van der Waals surface area contributed by atoms with Crippen molar-refractivity contribution in [1.82, 2.24) is 10.6 Å². The maximum absolute atomic E-state index is 12.1. The normalized spacial score (nSPS) is 31.2. The molecule has 0 aromatic carbocycles. The Morgan fingerprint density at radius 1 is 1.33 bits per heavy atom. The number of nitrogens with two attached hydrogens (primary N) is 2. The van der Waals surface area contributed by atoms with Gasteiger partial charge in [-0.3, -0.25) is 9.59 Å². The number of hydrogen-bond donors (Lipinski definition) is 4. The van der Waals surface area contributed by atoms with Crippen LogP contribution in [-0.2, 0) is 9.59 Å². The van der Waals surface area contributed by atoms with Gasteiger partial charge in [-0.15, -0.1) is 0 Å². The highest BCUT2D eigenvalue weighted by Gasteiger charge is 2.38. The molecular formula is C15H28N4O2. The second-order valence-electron chi connectivity index (χ2n) is 6.44. The summed E-state index contributed by atoms with van der Waals surface area (Å²) in [5.41, 5.74) is 11.3. The molecule has 1 aliphatic heterocycles. The molecule has 1 saturated carbocycles. The van der Waals surface area contributed by atoms with Gasteiger partial charge in [0.05, 0.1) is 6.04 Å². The van der Waals surface area contributed by atoms with Crippen LogP contribution in [0.3, 0.4) is 0 Å². The van der Waals surface area contributed by atoms with Gasteiger partial charge in [0, 0.05) is 6.04 Å². The van der Waals surface area contributed by atoms with Crippen molar-refractivity contribution in [3.63, 3.8) is 0 Å². The summed E-state index contributed by atoms with van der Waals surface area (Å²) in [6, 6.07) is -0.577. The SMILES string of the molecule is CC[C@@H](NC(=O)[C@@H](N)CC1CNC2CCCCC12)C(N)=O. The lowest BCUT2D eigenvalue weighted by Crippen LogP contribution is -2.50. The summed E-state index contributed by atoms with van der Waals surface area (Å²) < 4.78 is 0. The van der Waals surface area contributed by atoms with Crippen LogP contribution in [0.1, 0.15) is 45.4 Å². The molecule has 6 nitrogen and oxygen atoms in total. The number of rotatable bonds is 6. The smallest absolute Gasteiger partial charge is 0.239 e. The molecule has 6 heteroatoms. The molecule has 2 aliphatic rings.